The van der Waals surface area contributed by atoms with Crippen LogP contribution in [0.25, 0.3) is 65.3 Å². The normalized spacial score (nSPS) is 14.1. The van der Waals surface area contributed by atoms with E-state index in [1.54, 1.807) is 0 Å². The van der Waals surface area contributed by atoms with Crippen molar-refractivity contribution in [3.8, 4) is 22.3 Å². The predicted molar refractivity (Wildman–Crippen MR) is 231 cm³/mol. The highest BCUT2D eigenvalue weighted by molar-refractivity contribution is 6.26. The van der Waals surface area contributed by atoms with Crippen molar-refractivity contribution in [2.24, 2.45) is 0 Å². The fraction of sp³-hybridized carbons (Fsp3) is 0.115. The van der Waals surface area contributed by atoms with E-state index < -0.39 is 0 Å². The van der Waals surface area contributed by atoms with E-state index in [0.29, 0.717) is 0 Å². The summed E-state index contributed by atoms with van der Waals surface area (Å²) >= 11 is 0. The lowest BCUT2D eigenvalue weighted by Gasteiger charge is -2.32. The molecule has 11 rings (SSSR count). The second kappa shape index (κ2) is 12.6. The molecule has 9 aromatic rings. The summed E-state index contributed by atoms with van der Waals surface area (Å²) in [5.74, 6) is 0. The van der Waals surface area contributed by atoms with E-state index in [2.05, 4.69) is 180 Å². The summed E-state index contributed by atoms with van der Waals surface area (Å²) in [6.07, 6.45) is 4.54. The molecule has 0 N–H and O–H groups in total. The Morgan fingerprint density at radius 1 is 0.333 bits per heavy atom. The molecule has 0 unspecified atom stereocenters. The van der Waals surface area contributed by atoms with Gasteiger partial charge in [-0.05, 0) is 139 Å². The number of hydrogen-bond acceptors (Lipinski definition) is 2. The molecule has 0 saturated heterocycles. The van der Waals surface area contributed by atoms with E-state index in [1.165, 1.54) is 99.2 Å². The van der Waals surface area contributed by atoms with Crippen molar-refractivity contribution in [3.63, 3.8) is 0 Å². The maximum absolute atomic E-state index is 2.55. The largest absolute Gasteiger partial charge is 0.341 e. The summed E-state index contributed by atoms with van der Waals surface area (Å²) < 4.78 is 0. The van der Waals surface area contributed by atoms with Gasteiger partial charge in [-0.3, -0.25) is 0 Å². The van der Waals surface area contributed by atoms with Crippen LogP contribution < -0.4 is 9.80 Å². The number of aryl methyl sites for hydroxylation is 2. The molecule has 0 saturated carbocycles. The summed E-state index contributed by atoms with van der Waals surface area (Å²) in [7, 11) is 0. The van der Waals surface area contributed by atoms with Crippen LogP contribution in [-0.4, -0.2) is 13.1 Å². The van der Waals surface area contributed by atoms with Crippen molar-refractivity contribution in [2.45, 2.75) is 25.7 Å². The van der Waals surface area contributed by atoms with Gasteiger partial charge in [-0.1, -0.05) is 133 Å². The van der Waals surface area contributed by atoms with E-state index in [4.69, 9.17) is 0 Å². The fourth-order valence-electron chi connectivity index (χ4n) is 9.61. The number of rotatable bonds is 4. The molecule has 0 fully saturated rings. The minimum absolute atomic E-state index is 1.01. The quantitative estimate of drug-likeness (QED) is 0.169. The Morgan fingerprint density at radius 3 is 1.26 bits per heavy atom. The molecule has 2 aliphatic rings. The molecule has 0 atom stereocenters. The molecule has 2 heteroatoms. The lowest BCUT2D eigenvalue weighted by molar-refractivity contribution is 0.767. The zero-order chi connectivity index (χ0) is 35.6. The standard InChI is InChI=1S/C52H40N2/c1-5-21-41-35(13-1)17-9-23-43(41)51-45-29-27-40(54-32-12-20-38-16-4-8-26-50(38)54)34-48(45)52(44-24-10-18-36-14-2-6-22-42(36)44)46-30-28-39(33-47(46)51)53-31-11-19-37-15-3-7-25-49(37)53/h1-10,13-18,21-30,33-34H,11-12,19-20,31-32H2. The first-order valence-electron chi connectivity index (χ1n) is 19.5. The smallest absolute Gasteiger partial charge is 0.0443 e. The Kier molecular flexibility index (Phi) is 7.30. The van der Waals surface area contributed by atoms with Crippen LogP contribution in [0.4, 0.5) is 22.7 Å². The molecule has 0 spiro atoms. The number of para-hydroxylation sites is 2. The zero-order valence-corrected chi connectivity index (χ0v) is 30.3. The summed E-state index contributed by atoms with van der Waals surface area (Å²) in [5.41, 5.74) is 13.2. The van der Waals surface area contributed by atoms with Crippen LogP contribution in [0.1, 0.15) is 24.0 Å². The third-order valence-electron chi connectivity index (χ3n) is 12.0. The van der Waals surface area contributed by atoms with Crippen molar-refractivity contribution in [1.82, 2.24) is 0 Å². The summed E-state index contributed by atoms with van der Waals surface area (Å²) in [6, 6.07) is 63.9. The van der Waals surface area contributed by atoms with Crippen LogP contribution >= 0.6 is 0 Å². The third-order valence-corrected chi connectivity index (χ3v) is 12.0. The van der Waals surface area contributed by atoms with Gasteiger partial charge in [-0.2, -0.15) is 0 Å². The van der Waals surface area contributed by atoms with Crippen LogP contribution in [0, 0.1) is 0 Å². The van der Waals surface area contributed by atoms with Gasteiger partial charge in [0, 0.05) is 35.8 Å². The molecule has 0 aromatic heterocycles. The van der Waals surface area contributed by atoms with Gasteiger partial charge >= 0.3 is 0 Å². The van der Waals surface area contributed by atoms with Crippen molar-refractivity contribution >= 4 is 65.8 Å². The highest BCUT2D eigenvalue weighted by Gasteiger charge is 2.25. The molecule has 9 aromatic carbocycles. The highest BCUT2D eigenvalue weighted by atomic mass is 15.1. The first-order valence-corrected chi connectivity index (χ1v) is 19.5. The Hall–Kier alpha value is -6.38. The van der Waals surface area contributed by atoms with Crippen LogP contribution in [0.2, 0.25) is 0 Å². The Morgan fingerprint density at radius 2 is 0.759 bits per heavy atom. The molecule has 258 valence electrons. The monoisotopic (exact) mass is 692 g/mol. The SMILES string of the molecule is c1ccc2c(c1)CCCN2c1ccc2c(-c3cccc4ccccc34)c3cc(N4CCCc5ccccc54)ccc3c(-c3cccc4ccccc34)c2c1. The molecular formula is C52H40N2. The summed E-state index contributed by atoms with van der Waals surface area (Å²) in [6.45, 7) is 2.02. The molecule has 0 bridgehead atoms. The maximum atomic E-state index is 2.55. The second-order valence-electron chi connectivity index (χ2n) is 15.0. The van der Waals surface area contributed by atoms with E-state index in [9.17, 15) is 0 Å². The second-order valence-corrected chi connectivity index (χ2v) is 15.0. The highest BCUT2D eigenvalue weighted by Crippen LogP contribution is 2.49. The lowest BCUT2D eigenvalue weighted by Crippen LogP contribution is -2.24. The molecular weight excluding hydrogens is 653 g/mol. The topological polar surface area (TPSA) is 6.48 Å². The minimum atomic E-state index is 1.01. The molecule has 0 radical (unpaired) electrons. The first-order chi connectivity index (χ1) is 26.8. The van der Waals surface area contributed by atoms with Gasteiger partial charge < -0.3 is 9.80 Å². The van der Waals surface area contributed by atoms with Crippen LogP contribution in [-0.2, 0) is 12.8 Å². The van der Waals surface area contributed by atoms with Crippen molar-refractivity contribution in [3.05, 3.63) is 181 Å². The molecule has 2 heterocycles. The Bertz CT molecular complexity index is 2710. The van der Waals surface area contributed by atoms with E-state index in [1.807, 2.05) is 0 Å². The molecule has 2 aliphatic heterocycles. The molecule has 2 nitrogen and oxygen atoms in total. The van der Waals surface area contributed by atoms with Gasteiger partial charge in [0.15, 0.2) is 0 Å². The van der Waals surface area contributed by atoms with E-state index >= 15 is 0 Å². The number of fused-ring (bicyclic) bond motifs is 6. The summed E-state index contributed by atoms with van der Waals surface area (Å²) in [4.78, 5) is 5.09. The minimum Gasteiger partial charge on any atom is -0.341 e. The van der Waals surface area contributed by atoms with Crippen molar-refractivity contribution < 1.29 is 0 Å². The number of anilines is 4. The fourth-order valence-corrected chi connectivity index (χ4v) is 9.61. The van der Waals surface area contributed by atoms with Gasteiger partial charge in [-0.15, -0.1) is 0 Å². The third kappa shape index (κ3) is 4.94. The average molecular weight is 693 g/mol. The lowest BCUT2D eigenvalue weighted by atomic mass is 9.83. The Balaban J connectivity index is 1.28. The van der Waals surface area contributed by atoms with E-state index in [0.717, 1.165) is 38.8 Å². The van der Waals surface area contributed by atoms with Crippen LogP contribution in [0.5, 0.6) is 0 Å². The van der Waals surface area contributed by atoms with Crippen molar-refractivity contribution in [1.29, 1.82) is 0 Å². The van der Waals surface area contributed by atoms with Gasteiger partial charge in [-0.25, -0.2) is 0 Å². The van der Waals surface area contributed by atoms with Gasteiger partial charge in [0.05, 0.1) is 0 Å². The van der Waals surface area contributed by atoms with Gasteiger partial charge in [0.2, 0.25) is 0 Å². The number of benzene rings is 9. The molecule has 0 aliphatic carbocycles. The first kappa shape index (κ1) is 31.2. The summed E-state index contributed by atoms with van der Waals surface area (Å²) in [5, 5.41) is 10.2. The zero-order valence-electron chi connectivity index (χ0n) is 30.3. The van der Waals surface area contributed by atoms with E-state index in [-0.39, 0.29) is 0 Å². The average Bonchev–Trinajstić information content (AvgIpc) is 3.24. The van der Waals surface area contributed by atoms with Gasteiger partial charge in [0.25, 0.3) is 0 Å². The van der Waals surface area contributed by atoms with Crippen molar-refractivity contribution in [2.75, 3.05) is 22.9 Å². The predicted octanol–water partition coefficient (Wildman–Crippen LogP) is 13.8. The Labute approximate surface area is 316 Å². The van der Waals surface area contributed by atoms with Crippen LogP contribution in [0.15, 0.2) is 170 Å². The number of nitrogens with zero attached hydrogens (tertiary/aromatic N) is 2. The van der Waals surface area contributed by atoms with Crippen LogP contribution in [0.3, 0.4) is 0 Å². The number of hydrogen-bond donors (Lipinski definition) is 0. The molecule has 54 heavy (non-hydrogen) atoms. The van der Waals surface area contributed by atoms with Gasteiger partial charge in [0.1, 0.15) is 0 Å². The maximum Gasteiger partial charge on any atom is 0.0443 e. The molecule has 0 amide bonds.